The van der Waals surface area contributed by atoms with Gasteiger partial charge in [0.1, 0.15) is 16.2 Å². The van der Waals surface area contributed by atoms with Gasteiger partial charge < -0.3 is 4.42 Å². The van der Waals surface area contributed by atoms with Crippen molar-refractivity contribution in [1.82, 2.24) is 19.9 Å². The minimum atomic E-state index is 0.584. The smallest absolute Gasteiger partial charge is 0.164 e. The number of nitrogens with zero attached hydrogens (tertiary/aromatic N) is 4. The molecule has 9 rings (SSSR count). The van der Waals surface area contributed by atoms with Crippen LogP contribution < -0.4 is 0 Å². The molecule has 0 atom stereocenters. The van der Waals surface area contributed by atoms with Gasteiger partial charge in [0, 0.05) is 38.6 Å². The van der Waals surface area contributed by atoms with Gasteiger partial charge in [0.2, 0.25) is 0 Å². The summed E-state index contributed by atoms with van der Waals surface area (Å²) in [6.45, 7) is 5.98. The van der Waals surface area contributed by atoms with Gasteiger partial charge in [-0.15, -0.1) is 11.3 Å². The fourth-order valence-electron chi connectivity index (χ4n) is 6.75. The average Bonchev–Trinajstić information content (AvgIpc) is 3.83. The maximum Gasteiger partial charge on any atom is 0.164 e. The van der Waals surface area contributed by atoms with Crippen molar-refractivity contribution in [2.75, 3.05) is 0 Å². The third-order valence-corrected chi connectivity index (χ3v) is 10.4. The standard InChI is InChI=1S/C47H32N4OS/c1-3-14-41-39(4-2)48-47(53-41)35-20-11-19-34(29-35)36-21-12-22-37-42-38(23-13-24-40(42)52-43(36)37)46-50-44(32-17-9-6-10-18-32)49-45(51-46)33-27-25-31(26-28-33)30-15-7-5-8-16-30/h3-29H,2H2,1H3/b14-3-. The van der Waals surface area contributed by atoms with Crippen molar-refractivity contribution >= 4 is 45.4 Å². The van der Waals surface area contributed by atoms with E-state index in [2.05, 4.69) is 110 Å². The van der Waals surface area contributed by atoms with Gasteiger partial charge in [-0.3, -0.25) is 0 Å². The molecule has 9 aromatic rings. The number of hydrogen-bond donors (Lipinski definition) is 0. The van der Waals surface area contributed by atoms with Crippen LogP contribution >= 0.6 is 11.3 Å². The molecule has 6 aromatic carbocycles. The number of aromatic nitrogens is 4. The van der Waals surface area contributed by atoms with Gasteiger partial charge in [-0.2, -0.15) is 0 Å². The van der Waals surface area contributed by atoms with E-state index in [-0.39, 0.29) is 0 Å². The summed E-state index contributed by atoms with van der Waals surface area (Å²) in [5.74, 6) is 1.80. The number of benzene rings is 6. The van der Waals surface area contributed by atoms with Crippen LogP contribution in [0.2, 0.25) is 0 Å². The van der Waals surface area contributed by atoms with E-state index in [1.54, 1.807) is 11.3 Å². The van der Waals surface area contributed by atoms with E-state index in [1.807, 2.05) is 67.6 Å². The summed E-state index contributed by atoms with van der Waals surface area (Å²) in [6, 6.07) is 49.7. The predicted octanol–water partition coefficient (Wildman–Crippen LogP) is 12.9. The first-order chi connectivity index (χ1) is 26.2. The second-order valence-electron chi connectivity index (χ2n) is 12.6. The third-order valence-electron chi connectivity index (χ3n) is 9.29. The minimum Gasteiger partial charge on any atom is -0.455 e. The zero-order valence-electron chi connectivity index (χ0n) is 28.9. The number of hydrogen-bond acceptors (Lipinski definition) is 6. The summed E-state index contributed by atoms with van der Waals surface area (Å²) in [5.41, 5.74) is 10.6. The van der Waals surface area contributed by atoms with Crippen molar-refractivity contribution < 1.29 is 4.42 Å². The third kappa shape index (κ3) is 6.05. The Morgan fingerprint density at radius 1 is 0.547 bits per heavy atom. The highest BCUT2D eigenvalue weighted by Crippen LogP contribution is 2.41. The van der Waals surface area contributed by atoms with Crippen LogP contribution in [0.15, 0.2) is 163 Å². The molecule has 0 unspecified atom stereocenters. The molecule has 252 valence electrons. The predicted molar refractivity (Wildman–Crippen MR) is 220 cm³/mol. The molecule has 6 heteroatoms. The molecule has 0 radical (unpaired) electrons. The maximum atomic E-state index is 6.70. The number of furan rings is 1. The Morgan fingerprint density at radius 2 is 1.13 bits per heavy atom. The molecule has 0 fully saturated rings. The Morgan fingerprint density at radius 3 is 1.87 bits per heavy atom. The number of allylic oxidation sites excluding steroid dienone is 1. The van der Waals surface area contributed by atoms with Crippen molar-refractivity contribution in [3.63, 3.8) is 0 Å². The molecule has 0 amide bonds. The van der Waals surface area contributed by atoms with Crippen molar-refractivity contribution in [2.45, 2.75) is 6.92 Å². The van der Waals surface area contributed by atoms with Gasteiger partial charge in [-0.1, -0.05) is 146 Å². The van der Waals surface area contributed by atoms with E-state index in [9.17, 15) is 0 Å². The molecular weight excluding hydrogens is 669 g/mol. The van der Waals surface area contributed by atoms with E-state index >= 15 is 0 Å². The largest absolute Gasteiger partial charge is 0.455 e. The zero-order chi connectivity index (χ0) is 35.7. The lowest BCUT2D eigenvalue weighted by molar-refractivity contribution is 0.670. The topological polar surface area (TPSA) is 64.7 Å². The van der Waals surface area contributed by atoms with Crippen molar-refractivity contribution in [2.24, 2.45) is 0 Å². The second kappa shape index (κ2) is 13.8. The lowest BCUT2D eigenvalue weighted by Gasteiger charge is -2.10. The Labute approximate surface area is 311 Å². The highest BCUT2D eigenvalue weighted by Gasteiger charge is 2.20. The Balaban J connectivity index is 1.18. The molecule has 5 nitrogen and oxygen atoms in total. The molecule has 0 aliphatic heterocycles. The number of thiazole rings is 1. The van der Waals surface area contributed by atoms with Crippen LogP contribution in [-0.2, 0) is 0 Å². The van der Waals surface area contributed by atoms with Gasteiger partial charge in [0.15, 0.2) is 17.5 Å². The summed E-state index contributed by atoms with van der Waals surface area (Å²) in [5, 5.41) is 2.90. The van der Waals surface area contributed by atoms with Crippen molar-refractivity contribution in [1.29, 1.82) is 0 Å². The van der Waals surface area contributed by atoms with Crippen LogP contribution in [0.1, 0.15) is 17.5 Å². The average molecular weight is 701 g/mol. The van der Waals surface area contributed by atoms with Gasteiger partial charge in [-0.25, -0.2) is 19.9 Å². The normalized spacial score (nSPS) is 11.5. The van der Waals surface area contributed by atoms with E-state index < -0.39 is 0 Å². The highest BCUT2D eigenvalue weighted by molar-refractivity contribution is 7.16. The number of fused-ring (bicyclic) bond motifs is 3. The monoisotopic (exact) mass is 700 g/mol. The van der Waals surface area contributed by atoms with Crippen LogP contribution in [0.25, 0.3) is 101 Å². The first-order valence-corrected chi connectivity index (χ1v) is 18.3. The second-order valence-corrected chi connectivity index (χ2v) is 13.7. The molecule has 0 spiro atoms. The van der Waals surface area contributed by atoms with E-state index in [0.29, 0.717) is 17.5 Å². The van der Waals surface area contributed by atoms with E-state index in [0.717, 1.165) is 82.0 Å². The molecule has 53 heavy (non-hydrogen) atoms. The van der Waals surface area contributed by atoms with Crippen molar-refractivity contribution in [3.8, 4) is 67.0 Å². The van der Waals surface area contributed by atoms with Crippen LogP contribution in [0.4, 0.5) is 0 Å². The van der Waals surface area contributed by atoms with Gasteiger partial charge in [0.05, 0.1) is 10.6 Å². The maximum absolute atomic E-state index is 6.70. The minimum absolute atomic E-state index is 0.584. The summed E-state index contributed by atoms with van der Waals surface area (Å²) >= 11 is 1.66. The van der Waals surface area contributed by atoms with Crippen molar-refractivity contribution in [3.05, 3.63) is 169 Å². The molecule has 0 aliphatic carbocycles. The van der Waals surface area contributed by atoms with Crippen LogP contribution in [0.3, 0.4) is 0 Å². The Bertz CT molecular complexity index is 2800. The number of para-hydroxylation sites is 1. The molecule has 0 N–H and O–H groups in total. The quantitative estimate of drug-likeness (QED) is 0.158. The Hall–Kier alpha value is -6.76. The lowest BCUT2D eigenvalue weighted by Crippen LogP contribution is -2.00. The molecule has 3 heterocycles. The zero-order valence-corrected chi connectivity index (χ0v) is 29.7. The summed E-state index contributed by atoms with van der Waals surface area (Å²) < 4.78 is 6.70. The van der Waals surface area contributed by atoms with E-state index in [1.165, 1.54) is 0 Å². The molecule has 0 bridgehead atoms. The van der Waals surface area contributed by atoms with E-state index in [4.69, 9.17) is 24.4 Å². The molecule has 0 saturated heterocycles. The summed E-state index contributed by atoms with van der Waals surface area (Å²) in [4.78, 5) is 21.1. The van der Waals surface area contributed by atoms with Gasteiger partial charge in [0.25, 0.3) is 0 Å². The van der Waals surface area contributed by atoms with Crippen LogP contribution in [0, 0.1) is 0 Å². The molecule has 3 aromatic heterocycles. The van der Waals surface area contributed by atoms with Gasteiger partial charge >= 0.3 is 0 Å². The van der Waals surface area contributed by atoms with Crippen LogP contribution in [-0.4, -0.2) is 19.9 Å². The number of rotatable bonds is 8. The highest BCUT2D eigenvalue weighted by atomic mass is 32.1. The molecular formula is C47H32N4OS. The van der Waals surface area contributed by atoms with Gasteiger partial charge in [-0.05, 0) is 47.9 Å². The molecule has 0 aliphatic rings. The SMILES string of the molecule is C=Cc1nc(-c2cccc(-c3cccc4c3oc3cccc(-c5nc(-c6ccccc6)nc(-c6ccc(-c7ccccc7)cc6)n5)c34)c2)sc1/C=C\C. The Kier molecular flexibility index (Phi) is 8.35. The summed E-state index contributed by atoms with van der Waals surface area (Å²) in [6.07, 6.45) is 5.92. The fourth-order valence-corrected chi connectivity index (χ4v) is 7.78. The molecule has 0 saturated carbocycles. The first kappa shape index (κ1) is 32.2. The first-order valence-electron chi connectivity index (χ1n) is 17.5. The summed E-state index contributed by atoms with van der Waals surface area (Å²) in [7, 11) is 0. The van der Waals surface area contributed by atoms with Crippen LogP contribution in [0.5, 0.6) is 0 Å². The fraction of sp³-hybridized carbons (Fsp3) is 0.0213. The lowest BCUT2D eigenvalue weighted by atomic mass is 9.99.